The molecule has 2 amide bonds. The minimum atomic E-state index is -0.0639. The van der Waals surface area contributed by atoms with Gasteiger partial charge in [0.25, 0.3) is 0 Å². The number of para-hydroxylation sites is 1. The van der Waals surface area contributed by atoms with E-state index in [2.05, 4.69) is 22.4 Å². The van der Waals surface area contributed by atoms with E-state index >= 15 is 0 Å². The predicted molar refractivity (Wildman–Crippen MR) is 114 cm³/mol. The lowest BCUT2D eigenvalue weighted by molar-refractivity contribution is -0.117. The number of hydrogen-bond acceptors (Lipinski definition) is 3. The number of nitrogens with one attached hydrogen (secondary N) is 2. The number of benzene rings is 2. The number of rotatable bonds is 7. The maximum absolute atomic E-state index is 12.6. The normalized spacial score (nSPS) is 13.8. The van der Waals surface area contributed by atoms with Gasteiger partial charge in [-0.05, 0) is 43.0 Å². The first-order valence-corrected chi connectivity index (χ1v) is 9.99. The van der Waals surface area contributed by atoms with E-state index in [4.69, 9.17) is 4.74 Å². The minimum absolute atomic E-state index is 0.0639. The van der Waals surface area contributed by atoms with Crippen molar-refractivity contribution >= 4 is 34.1 Å². The van der Waals surface area contributed by atoms with Crippen molar-refractivity contribution < 1.29 is 14.3 Å². The minimum Gasteiger partial charge on any atom is -0.497 e. The van der Waals surface area contributed by atoms with Crippen LogP contribution in [0.25, 0.3) is 10.9 Å². The molecule has 1 aliphatic heterocycles. The lowest BCUT2D eigenvalue weighted by atomic mass is 10.1. The molecule has 0 unspecified atom stereocenters. The van der Waals surface area contributed by atoms with Crippen molar-refractivity contribution in [2.45, 2.75) is 32.1 Å². The molecule has 2 aromatic carbocycles. The number of amides is 2. The second-order valence-corrected chi connectivity index (χ2v) is 7.29. The molecule has 0 radical (unpaired) electrons. The molecule has 0 aliphatic carbocycles. The standard InChI is InChI=1S/C23H25N3O3/c1-29-17-11-12-21(26-13-5-10-23(26)28)20(14-17)25-22(27)9-4-6-16-15-24-19-8-3-2-7-18(16)19/h2-3,7-8,11-12,14-15,24H,4-6,9-10,13H2,1H3,(H,25,27). The van der Waals surface area contributed by atoms with E-state index in [0.717, 1.165) is 30.5 Å². The highest BCUT2D eigenvalue weighted by atomic mass is 16.5. The smallest absolute Gasteiger partial charge is 0.227 e. The number of hydrogen-bond donors (Lipinski definition) is 2. The highest BCUT2D eigenvalue weighted by molar-refractivity contribution is 6.02. The molecule has 29 heavy (non-hydrogen) atoms. The van der Waals surface area contributed by atoms with E-state index in [-0.39, 0.29) is 11.8 Å². The molecule has 1 saturated heterocycles. The molecule has 4 rings (SSSR count). The third-order valence-electron chi connectivity index (χ3n) is 5.37. The molecule has 3 aromatic rings. The van der Waals surface area contributed by atoms with Crippen LogP contribution < -0.4 is 15.0 Å². The van der Waals surface area contributed by atoms with Crippen LogP contribution in [-0.2, 0) is 16.0 Å². The Morgan fingerprint density at radius 1 is 1.24 bits per heavy atom. The molecular weight excluding hydrogens is 366 g/mol. The number of anilines is 2. The van der Waals surface area contributed by atoms with Gasteiger partial charge in [-0.25, -0.2) is 0 Å². The van der Waals surface area contributed by atoms with Gasteiger partial charge in [-0.1, -0.05) is 18.2 Å². The number of nitrogens with zero attached hydrogens (tertiary/aromatic N) is 1. The summed E-state index contributed by atoms with van der Waals surface area (Å²) in [6.07, 6.45) is 5.38. The summed E-state index contributed by atoms with van der Waals surface area (Å²) in [6, 6.07) is 13.6. The fraction of sp³-hybridized carbons (Fsp3) is 0.304. The molecule has 1 aromatic heterocycles. The Morgan fingerprint density at radius 3 is 2.90 bits per heavy atom. The van der Waals surface area contributed by atoms with E-state index in [0.29, 0.717) is 30.8 Å². The summed E-state index contributed by atoms with van der Waals surface area (Å²) < 4.78 is 5.29. The Kier molecular flexibility index (Phi) is 5.51. The molecular formula is C23H25N3O3. The molecule has 6 heteroatoms. The summed E-state index contributed by atoms with van der Waals surface area (Å²) in [5.74, 6) is 0.672. The average Bonchev–Trinajstić information content (AvgIpc) is 3.34. The molecule has 1 aliphatic rings. The number of ether oxygens (including phenoxy) is 1. The first kappa shape index (κ1) is 19.1. The van der Waals surface area contributed by atoms with Crippen LogP contribution in [0.15, 0.2) is 48.7 Å². The van der Waals surface area contributed by atoms with Gasteiger partial charge in [0.05, 0.1) is 18.5 Å². The van der Waals surface area contributed by atoms with Crippen molar-refractivity contribution in [1.29, 1.82) is 0 Å². The third kappa shape index (κ3) is 4.11. The van der Waals surface area contributed by atoms with Crippen LogP contribution in [0.4, 0.5) is 11.4 Å². The van der Waals surface area contributed by atoms with Gasteiger partial charge in [-0.15, -0.1) is 0 Å². The summed E-state index contributed by atoms with van der Waals surface area (Å²) in [5.41, 5.74) is 3.69. The number of carbonyl (C=O) groups excluding carboxylic acids is 2. The Labute approximate surface area is 169 Å². The Morgan fingerprint density at radius 2 is 2.10 bits per heavy atom. The van der Waals surface area contributed by atoms with Crippen molar-refractivity contribution in [3.05, 3.63) is 54.2 Å². The zero-order valence-electron chi connectivity index (χ0n) is 16.5. The van der Waals surface area contributed by atoms with Crippen molar-refractivity contribution in [2.24, 2.45) is 0 Å². The van der Waals surface area contributed by atoms with Gasteiger partial charge >= 0.3 is 0 Å². The van der Waals surface area contributed by atoms with E-state index in [1.54, 1.807) is 18.1 Å². The van der Waals surface area contributed by atoms with Gasteiger partial charge < -0.3 is 19.9 Å². The number of aryl methyl sites for hydroxylation is 1. The monoisotopic (exact) mass is 391 g/mol. The fourth-order valence-corrected chi connectivity index (χ4v) is 3.87. The molecule has 2 heterocycles. The number of fused-ring (bicyclic) bond motifs is 1. The van der Waals surface area contributed by atoms with Crippen molar-refractivity contribution in [3.8, 4) is 5.75 Å². The summed E-state index contributed by atoms with van der Waals surface area (Å²) in [5, 5.41) is 4.18. The second kappa shape index (κ2) is 8.39. The van der Waals surface area contributed by atoms with Gasteiger partial charge in [0.15, 0.2) is 0 Å². The third-order valence-corrected chi connectivity index (χ3v) is 5.37. The van der Waals surface area contributed by atoms with Crippen LogP contribution in [0.1, 0.15) is 31.2 Å². The average molecular weight is 391 g/mol. The Hall–Kier alpha value is -3.28. The van der Waals surface area contributed by atoms with E-state index in [1.807, 2.05) is 30.5 Å². The fourth-order valence-electron chi connectivity index (χ4n) is 3.87. The van der Waals surface area contributed by atoms with Crippen LogP contribution in [0.2, 0.25) is 0 Å². The molecule has 0 bridgehead atoms. The summed E-state index contributed by atoms with van der Waals surface area (Å²) >= 11 is 0. The molecule has 0 spiro atoms. The number of carbonyl (C=O) groups is 2. The molecule has 0 atom stereocenters. The SMILES string of the molecule is COc1ccc(N2CCCC2=O)c(NC(=O)CCCc2c[nH]c3ccccc23)c1. The molecule has 2 N–H and O–H groups in total. The van der Waals surface area contributed by atoms with Gasteiger partial charge in [-0.3, -0.25) is 9.59 Å². The number of methoxy groups -OCH3 is 1. The number of H-pyrrole nitrogens is 1. The largest absolute Gasteiger partial charge is 0.497 e. The lowest BCUT2D eigenvalue weighted by Crippen LogP contribution is -2.25. The van der Waals surface area contributed by atoms with Crippen molar-refractivity contribution in [3.63, 3.8) is 0 Å². The second-order valence-electron chi connectivity index (χ2n) is 7.29. The van der Waals surface area contributed by atoms with Gasteiger partial charge in [-0.2, -0.15) is 0 Å². The van der Waals surface area contributed by atoms with Gasteiger partial charge in [0, 0.05) is 42.6 Å². The van der Waals surface area contributed by atoms with Crippen LogP contribution in [-0.4, -0.2) is 30.5 Å². The van der Waals surface area contributed by atoms with Crippen LogP contribution in [0.5, 0.6) is 5.75 Å². The first-order chi connectivity index (χ1) is 14.2. The molecule has 0 saturated carbocycles. The summed E-state index contributed by atoms with van der Waals surface area (Å²) in [6.45, 7) is 0.675. The van der Waals surface area contributed by atoms with Gasteiger partial charge in [0.2, 0.25) is 11.8 Å². The van der Waals surface area contributed by atoms with Crippen LogP contribution in [0.3, 0.4) is 0 Å². The summed E-state index contributed by atoms with van der Waals surface area (Å²) in [4.78, 5) is 29.8. The highest BCUT2D eigenvalue weighted by Gasteiger charge is 2.24. The molecule has 6 nitrogen and oxygen atoms in total. The zero-order valence-corrected chi connectivity index (χ0v) is 16.5. The quantitative estimate of drug-likeness (QED) is 0.632. The predicted octanol–water partition coefficient (Wildman–Crippen LogP) is 4.26. The van der Waals surface area contributed by atoms with Crippen molar-refractivity contribution in [2.75, 3.05) is 23.9 Å². The zero-order chi connectivity index (χ0) is 20.2. The Balaban J connectivity index is 1.41. The molecule has 150 valence electrons. The van der Waals surface area contributed by atoms with Crippen LogP contribution in [0, 0.1) is 0 Å². The first-order valence-electron chi connectivity index (χ1n) is 9.99. The summed E-state index contributed by atoms with van der Waals surface area (Å²) in [7, 11) is 1.59. The number of aromatic amines is 1. The molecule has 1 fully saturated rings. The maximum Gasteiger partial charge on any atom is 0.227 e. The maximum atomic E-state index is 12.6. The van der Waals surface area contributed by atoms with Crippen molar-refractivity contribution in [1.82, 2.24) is 4.98 Å². The van der Waals surface area contributed by atoms with Gasteiger partial charge in [0.1, 0.15) is 5.75 Å². The van der Waals surface area contributed by atoms with E-state index in [1.165, 1.54) is 10.9 Å². The van der Waals surface area contributed by atoms with Crippen LogP contribution >= 0.6 is 0 Å². The Bertz CT molecular complexity index is 1040. The topological polar surface area (TPSA) is 74.4 Å². The number of aromatic nitrogens is 1. The van der Waals surface area contributed by atoms with E-state index < -0.39 is 0 Å². The lowest BCUT2D eigenvalue weighted by Gasteiger charge is -2.20. The van der Waals surface area contributed by atoms with E-state index in [9.17, 15) is 9.59 Å². The highest BCUT2D eigenvalue weighted by Crippen LogP contribution is 2.33.